The Labute approximate surface area is 117 Å². The summed E-state index contributed by atoms with van der Waals surface area (Å²) < 4.78 is 6.65. The molecule has 1 fully saturated rings. The Bertz CT molecular complexity index is 595. The van der Waals surface area contributed by atoms with E-state index in [0.29, 0.717) is 12.1 Å². The van der Waals surface area contributed by atoms with Gasteiger partial charge in [-0.1, -0.05) is 0 Å². The molecule has 1 aromatic rings. The minimum Gasteiger partial charge on any atom is -0.376 e. The van der Waals surface area contributed by atoms with E-state index in [1.165, 1.54) is 10.8 Å². The van der Waals surface area contributed by atoms with Crippen LogP contribution < -0.4 is 10.9 Å². The summed E-state index contributed by atoms with van der Waals surface area (Å²) >= 11 is 0. The molecule has 0 radical (unpaired) electrons. The lowest BCUT2D eigenvalue weighted by molar-refractivity contribution is -0.122. The number of carbonyl (C=O) groups is 1. The third-order valence-electron chi connectivity index (χ3n) is 3.35. The molecule has 20 heavy (non-hydrogen) atoms. The SMILES string of the molecule is Cc1ccn(CC(=O)NCC2CCCO2)c(=O)c1C#N. The summed E-state index contributed by atoms with van der Waals surface area (Å²) in [5.74, 6) is -0.254. The lowest BCUT2D eigenvalue weighted by Gasteiger charge is -2.12. The van der Waals surface area contributed by atoms with Gasteiger partial charge in [-0.3, -0.25) is 9.59 Å². The summed E-state index contributed by atoms with van der Waals surface area (Å²) in [6.07, 6.45) is 3.57. The van der Waals surface area contributed by atoms with Crippen LogP contribution in [0, 0.1) is 18.3 Å². The van der Waals surface area contributed by atoms with E-state index in [4.69, 9.17) is 10.00 Å². The first-order valence-corrected chi connectivity index (χ1v) is 6.60. The number of nitrogens with zero attached hydrogens (tertiary/aromatic N) is 2. The molecular formula is C14H17N3O3. The first-order chi connectivity index (χ1) is 9.61. The predicted octanol–water partition coefficient (Wildman–Crippen LogP) is 0.324. The average Bonchev–Trinajstić information content (AvgIpc) is 2.94. The fourth-order valence-corrected chi connectivity index (χ4v) is 2.17. The molecule has 2 rings (SSSR count). The summed E-state index contributed by atoms with van der Waals surface area (Å²) in [6, 6.07) is 3.53. The molecule has 1 unspecified atom stereocenters. The number of hydrogen-bond donors (Lipinski definition) is 1. The number of aryl methyl sites for hydroxylation is 1. The van der Waals surface area contributed by atoms with Crippen LogP contribution in [-0.2, 0) is 16.1 Å². The predicted molar refractivity (Wildman–Crippen MR) is 72.1 cm³/mol. The van der Waals surface area contributed by atoms with Crippen molar-refractivity contribution in [1.29, 1.82) is 5.26 Å². The topological polar surface area (TPSA) is 84.1 Å². The zero-order valence-corrected chi connectivity index (χ0v) is 11.4. The number of nitrogens with one attached hydrogen (secondary N) is 1. The van der Waals surface area contributed by atoms with Crippen LogP contribution in [0.25, 0.3) is 0 Å². The van der Waals surface area contributed by atoms with Crippen molar-refractivity contribution in [2.75, 3.05) is 13.2 Å². The molecule has 106 valence electrons. The van der Waals surface area contributed by atoms with E-state index in [-0.39, 0.29) is 24.1 Å². The van der Waals surface area contributed by atoms with Gasteiger partial charge < -0.3 is 14.6 Å². The molecule has 6 nitrogen and oxygen atoms in total. The maximum absolute atomic E-state index is 12.0. The minimum absolute atomic E-state index is 0.0726. The van der Waals surface area contributed by atoms with Crippen molar-refractivity contribution in [3.8, 4) is 6.07 Å². The first-order valence-electron chi connectivity index (χ1n) is 6.60. The average molecular weight is 275 g/mol. The molecule has 2 heterocycles. The molecule has 0 spiro atoms. The highest BCUT2D eigenvalue weighted by Crippen LogP contribution is 2.10. The first kappa shape index (κ1) is 14.3. The molecule has 1 saturated heterocycles. The molecule has 0 saturated carbocycles. The van der Waals surface area contributed by atoms with Gasteiger partial charge in [0.15, 0.2) is 0 Å². The second-order valence-corrected chi connectivity index (χ2v) is 4.86. The number of nitriles is 1. The Hall–Kier alpha value is -2.13. The lowest BCUT2D eigenvalue weighted by atomic mass is 10.2. The van der Waals surface area contributed by atoms with Gasteiger partial charge in [0.25, 0.3) is 5.56 Å². The Morgan fingerprint density at radius 3 is 3.10 bits per heavy atom. The molecule has 0 bridgehead atoms. The van der Waals surface area contributed by atoms with Crippen molar-refractivity contribution >= 4 is 5.91 Å². The van der Waals surface area contributed by atoms with Crippen molar-refractivity contribution in [3.63, 3.8) is 0 Å². The molecule has 1 aromatic heterocycles. The van der Waals surface area contributed by atoms with Gasteiger partial charge in [0.1, 0.15) is 18.2 Å². The van der Waals surface area contributed by atoms with Crippen LogP contribution in [-0.4, -0.2) is 29.7 Å². The summed E-state index contributed by atoms with van der Waals surface area (Å²) in [5, 5.41) is 11.7. The van der Waals surface area contributed by atoms with Crippen LogP contribution in [0.5, 0.6) is 0 Å². The molecule has 6 heteroatoms. The van der Waals surface area contributed by atoms with E-state index >= 15 is 0 Å². The Kier molecular flexibility index (Phi) is 4.53. The van der Waals surface area contributed by atoms with E-state index in [1.807, 2.05) is 6.07 Å². The Morgan fingerprint density at radius 2 is 2.45 bits per heavy atom. The van der Waals surface area contributed by atoms with Gasteiger partial charge in [-0.25, -0.2) is 0 Å². The minimum atomic E-state index is -0.431. The van der Waals surface area contributed by atoms with Crippen LogP contribution in [0.4, 0.5) is 0 Å². The second-order valence-electron chi connectivity index (χ2n) is 4.86. The molecule has 1 aliphatic rings. The van der Waals surface area contributed by atoms with E-state index in [2.05, 4.69) is 5.32 Å². The Balaban J connectivity index is 1.97. The van der Waals surface area contributed by atoms with Crippen LogP contribution >= 0.6 is 0 Å². The fourth-order valence-electron chi connectivity index (χ4n) is 2.17. The Morgan fingerprint density at radius 1 is 1.65 bits per heavy atom. The molecule has 1 N–H and O–H groups in total. The third kappa shape index (κ3) is 3.25. The molecule has 0 aliphatic carbocycles. The van der Waals surface area contributed by atoms with Gasteiger partial charge in [0.05, 0.1) is 6.10 Å². The van der Waals surface area contributed by atoms with E-state index in [9.17, 15) is 9.59 Å². The van der Waals surface area contributed by atoms with Crippen LogP contribution in [0.15, 0.2) is 17.1 Å². The quantitative estimate of drug-likeness (QED) is 0.858. The van der Waals surface area contributed by atoms with Gasteiger partial charge in [0, 0.05) is 19.3 Å². The zero-order chi connectivity index (χ0) is 14.5. The molecule has 0 aromatic carbocycles. The molecule has 1 atom stereocenters. The number of carbonyl (C=O) groups excluding carboxylic acids is 1. The fraction of sp³-hybridized carbons (Fsp3) is 0.500. The van der Waals surface area contributed by atoms with Crippen molar-refractivity contribution in [1.82, 2.24) is 9.88 Å². The van der Waals surface area contributed by atoms with Crippen molar-refractivity contribution < 1.29 is 9.53 Å². The van der Waals surface area contributed by atoms with Gasteiger partial charge in [-0.15, -0.1) is 0 Å². The van der Waals surface area contributed by atoms with Crippen molar-refractivity contribution in [2.45, 2.75) is 32.4 Å². The molecular weight excluding hydrogens is 258 g/mol. The largest absolute Gasteiger partial charge is 0.376 e. The second kappa shape index (κ2) is 6.35. The number of pyridine rings is 1. The highest BCUT2D eigenvalue weighted by molar-refractivity contribution is 5.75. The van der Waals surface area contributed by atoms with Gasteiger partial charge >= 0.3 is 0 Å². The number of amides is 1. The molecule has 1 aliphatic heterocycles. The van der Waals surface area contributed by atoms with Gasteiger partial charge in [-0.2, -0.15) is 5.26 Å². The molecule has 1 amide bonds. The van der Waals surface area contributed by atoms with Gasteiger partial charge in [0.2, 0.25) is 5.91 Å². The van der Waals surface area contributed by atoms with Crippen LogP contribution in [0.1, 0.15) is 24.0 Å². The smallest absolute Gasteiger partial charge is 0.269 e. The lowest BCUT2D eigenvalue weighted by Crippen LogP contribution is -2.36. The van der Waals surface area contributed by atoms with Crippen molar-refractivity contribution in [2.24, 2.45) is 0 Å². The van der Waals surface area contributed by atoms with Crippen LogP contribution in [0.3, 0.4) is 0 Å². The van der Waals surface area contributed by atoms with E-state index in [0.717, 1.165) is 19.4 Å². The maximum atomic E-state index is 12.0. The van der Waals surface area contributed by atoms with E-state index < -0.39 is 5.56 Å². The summed E-state index contributed by atoms with van der Waals surface area (Å²) in [4.78, 5) is 23.7. The van der Waals surface area contributed by atoms with Crippen molar-refractivity contribution in [3.05, 3.63) is 33.7 Å². The van der Waals surface area contributed by atoms with Crippen LogP contribution in [0.2, 0.25) is 0 Å². The monoisotopic (exact) mass is 275 g/mol. The number of aromatic nitrogens is 1. The van der Waals surface area contributed by atoms with E-state index in [1.54, 1.807) is 13.0 Å². The number of rotatable bonds is 4. The number of hydrogen-bond acceptors (Lipinski definition) is 4. The normalized spacial score (nSPS) is 17.7. The standard InChI is InChI=1S/C14H17N3O3/c1-10-4-5-17(14(19)12(10)7-15)9-13(18)16-8-11-3-2-6-20-11/h4-5,11H,2-3,6,8-9H2,1H3,(H,16,18). The summed E-state index contributed by atoms with van der Waals surface area (Å²) in [5.41, 5.74) is 0.271. The zero-order valence-electron chi connectivity index (χ0n) is 11.4. The maximum Gasteiger partial charge on any atom is 0.269 e. The summed E-state index contributed by atoms with van der Waals surface area (Å²) in [7, 11) is 0. The number of ether oxygens (including phenoxy) is 1. The third-order valence-corrected chi connectivity index (χ3v) is 3.35. The summed E-state index contributed by atoms with van der Waals surface area (Å²) in [6.45, 7) is 2.82. The highest BCUT2D eigenvalue weighted by Gasteiger charge is 2.16. The highest BCUT2D eigenvalue weighted by atomic mass is 16.5. The van der Waals surface area contributed by atoms with Gasteiger partial charge in [-0.05, 0) is 31.4 Å².